The number of nitrogens with zero attached hydrogens (tertiary/aromatic N) is 1. The van der Waals surface area contributed by atoms with Gasteiger partial charge >= 0.3 is 0 Å². The second-order valence-corrected chi connectivity index (χ2v) is 6.91. The molecule has 1 aliphatic heterocycles. The molecule has 118 valence electrons. The Labute approximate surface area is 128 Å². The largest absolute Gasteiger partial charge is 0.394 e. The van der Waals surface area contributed by atoms with Crippen LogP contribution in [0.2, 0.25) is 0 Å². The molecule has 4 nitrogen and oxygen atoms in total. The minimum Gasteiger partial charge on any atom is -0.394 e. The van der Waals surface area contributed by atoms with Gasteiger partial charge in [0.1, 0.15) is 0 Å². The Morgan fingerprint density at radius 1 is 1.29 bits per heavy atom. The Morgan fingerprint density at radius 3 is 2.52 bits per heavy atom. The average molecular weight is 292 g/mol. The van der Waals surface area contributed by atoms with Crippen molar-refractivity contribution in [3.8, 4) is 0 Å². The molecule has 2 unspecified atom stereocenters. The van der Waals surface area contributed by atoms with Gasteiger partial charge in [-0.25, -0.2) is 0 Å². The number of benzene rings is 1. The van der Waals surface area contributed by atoms with Crippen LogP contribution in [0.5, 0.6) is 0 Å². The molecule has 2 atom stereocenters. The van der Waals surface area contributed by atoms with Gasteiger partial charge in [0.2, 0.25) is 0 Å². The number of nitrogens with one attached hydrogen (secondary N) is 1. The molecular formula is C17H28N2O2. The van der Waals surface area contributed by atoms with E-state index in [0.29, 0.717) is 12.6 Å². The van der Waals surface area contributed by atoms with Crippen molar-refractivity contribution in [2.45, 2.75) is 51.9 Å². The van der Waals surface area contributed by atoms with E-state index < -0.39 is 0 Å². The summed E-state index contributed by atoms with van der Waals surface area (Å²) >= 11 is 0. The molecule has 4 heteroatoms. The Balaban J connectivity index is 2.00. The second kappa shape index (κ2) is 6.77. The van der Waals surface area contributed by atoms with E-state index in [1.807, 2.05) is 0 Å². The van der Waals surface area contributed by atoms with Crippen LogP contribution in [-0.2, 0) is 11.3 Å². The molecule has 1 fully saturated rings. The summed E-state index contributed by atoms with van der Waals surface area (Å²) in [6, 6.07) is 9.01. The fraction of sp³-hybridized carbons (Fsp3) is 0.647. The van der Waals surface area contributed by atoms with Crippen LogP contribution in [0.4, 0.5) is 5.69 Å². The maximum absolute atomic E-state index is 9.27. The van der Waals surface area contributed by atoms with Gasteiger partial charge in [0.15, 0.2) is 0 Å². The molecule has 1 aromatic carbocycles. The lowest BCUT2D eigenvalue weighted by Gasteiger charge is -2.39. The predicted octanol–water partition coefficient (Wildman–Crippen LogP) is 2.16. The zero-order valence-corrected chi connectivity index (χ0v) is 13.6. The van der Waals surface area contributed by atoms with Crippen LogP contribution in [-0.4, -0.2) is 42.5 Å². The molecule has 2 N–H and O–H groups in total. The van der Waals surface area contributed by atoms with Gasteiger partial charge in [-0.2, -0.15) is 0 Å². The Kier molecular flexibility index (Phi) is 5.25. The van der Waals surface area contributed by atoms with Crippen molar-refractivity contribution in [3.05, 3.63) is 29.8 Å². The van der Waals surface area contributed by atoms with Crippen LogP contribution in [0.25, 0.3) is 0 Å². The molecule has 0 radical (unpaired) electrons. The molecule has 0 amide bonds. The zero-order chi connectivity index (χ0) is 15.5. The number of aliphatic hydroxyl groups excluding tert-OH is 1. The van der Waals surface area contributed by atoms with E-state index in [1.165, 1.54) is 11.3 Å². The molecule has 0 bridgehead atoms. The third-order valence-corrected chi connectivity index (χ3v) is 3.80. The van der Waals surface area contributed by atoms with E-state index in [0.717, 1.165) is 13.1 Å². The molecular weight excluding hydrogens is 264 g/mol. The van der Waals surface area contributed by atoms with Crippen LogP contribution in [0.15, 0.2) is 24.3 Å². The van der Waals surface area contributed by atoms with Gasteiger partial charge in [-0.05, 0) is 45.4 Å². The molecule has 0 saturated carbocycles. The van der Waals surface area contributed by atoms with Crippen molar-refractivity contribution in [3.63, 3.8) is 0 Å². The first kappa shape index (κ1) is 16.3. The summed E-state index contributed by atoms with van der Waals surface area (Å²) in [5.41, 5.74) is 2.61. The van der Waals surface area contributed by atoms with Crippen LogP contribution < -0.4 is 10.2 Å². The predicted molar refractivity (Wildman–Crippen MR) is 86.7 cm³/mol. The van der Waals surface area contributed by atoms with E-state index in [-0.39, 0.29) is 18.2 Å². The SMILES string of the molecule is CC1COC(CO)CN1c1ccc(CNC(C)(C)C)cc1. The van der Waals surface area contributed by atoms with E-state index in [1.54, 1.807) is 0 Å². The van der Waals surface area contributed by atoms with Crippen molar-refractivity contribution < 1.29 is 9.84 Å². The molecule has 1 aliphatic rings. The average Bonchev–Trinajstić information content (AvgIpc) is 2.45. The van der Waals surface area contributed by atoms with Gasteiger partial charge < -0.3 is 20.1 Å². The Hall–Kier alpha value is -1.10. The highest BCUT2D eigenvalue weighted by Gasteiger charge is 2.25. The van der Waals surface area contributed by atoms with Gasteiger partial charge in [-0.15, -0.1) is 0 Å². The second-order valence-electron chi connectivity index (χ2n) is 6.91. The normalized spacial score (nSPS) is 23.4. The summed E-state index contributed by atoms with van der Waals surface area (Å²) in [5, 5.41) is 12.8. The van der Waals surface area contributed by atoms with Gasteiger partial charge in [-0.1, -0.05) is 12.1 Å². The monoisotopic (exact) mass is 292 g/mol. The molecule has 1 aromatic rings. The lowest BCUT2D eigenvalue weighted by atomic mass is 10.1. The summed E-state index contributed by atoms with van der Waals surface area (Å²) in [6.45, 7) is 11.0. The third-order valence-electron chi connectivity index (χ3n) is 3.80. The summed E-state index contributed by atoms with van der Waals surface area (Å²) in [4.78, 5) is 2.31. The summed E-state index contributed by atoms with van der Waals surface area (Å²) < 4.78 is 5.59. The maximum Gasteiger partial charge on any atom is 0.0981 e. The van der Waals surface area contributed by atoms with Crippen molar-refractivity contribution in [1.82, 2.24) is 5.32 Å². The number of hydrogen-bond donors (Lipinski definition) is 2. The fourth-order valence-corrected chi connectivity index (χ4v) is 2.46. The summed E-state index contributed by atoms with van der Waals surface area (Å²) in [6.07, 6.45) is -0.0802. The molecule has 1 saturated heterocycles. The number of aliphatic hydroxyl groups is 1. The highest BCUT2D eigenvalue weighted by molar-refractivity contribution is 5.49. The molecule has 2 rings (SSSR count). The van der Waals surface area contributed by atoms with Gasteiger partial charge in [0.25, 0.3) is 0 Å². The third kappa shape index (κ3) is 4.70. The molecule has 0 aromatic heterocycles. The van der Waals surface area contributed by atoms with Crippen LogP contribution >= 0.6 is 0 Å². The number of anilines is 1. The van der Waals surface area contributed by atoms with Gasteiger partial charge in [0, 0.05) is 30.4 Å². The maximum atomic E-state index is 9.27. The van der Waals surface area contributed by atoms with E-state index >= 15 is 0 Å². The van der Waals surface area contributed by atoms with E-state index in [9.17, 15) is 5.11 Å². The first-order valence-corrected chi connectivity index (χ1v) is 7.72. The quantitative estimate of drug-likeness (QED) is 0.892. The lowest BCUT2D eigenvalue weighted by molar-refractivity contribution is -0.0103. The van der Waals surface area contributed by atoms with Crippen LogP contribution in [0.3, 0.4) is 0 Å². The topological polar surface area (TPSA) is 44.7 Å². The molecule has 0 spiro atoms. The Morgan fingerprint density at radius 2 is 1.95 bits per heavy atom. The lowest BCUT2D eigenvalue weighted by Crippen LogP contribution is -2.49. The minimum absolute atomic E-state index is 0.0802. The van der Waals surface area contributed by atoms with Crippen LogP contribution in [0.1, 0.15) is 33.3 Å². The number of morpholine rings is 1. The molecule has 21 heavy (non-hydrogen) atoms. The fourth-order valence-electron chi connectivity index (χ4n) is 2.46. The highest BCUT2D eigenvalue weighted by Crippen LogP contribution is 2.22. The van der Waals surface area contributed by atoms with Crippen molar-refractivity contribution >= 4 is 5.69 Å². The van der Waals surface area contributed by atoms with Crippen molar-refractivity contribution in [1.29, 1.82) is 0 Å². The first-order valence-electron chi connectivity index (χ1n) is 7.72. The number of hydrogen-bond acceptors (Lipinski definition) is 4. The van der Waals surface area contributed by atoms with E-state index in [2.05, 4.69) is 62.2 Å². The zero-order valence-electron chi connectivity index (χ0n) is 13.6. The van der Waals surface area contributed by atoms with Crippen LogP contribution in [0, 0.1) is 0 Å². The highest BCUT2D eigenvalue weighted by atomic mass is 16.5. The van der Waals surface area contributed by atoms with E-state index in [4.69, 9.17) is 4.74 Å². The number of ether oxygens (including phenoxy) is 1. The van der Waals surface area contributed by atoms with Gasteiger partial charge in [0.05, 0.1) is 19.3 Å². The standard InChI is InChI=1S/C17H28N2O2/c1-13-12-21-16(11-20)10-19(13)15-7-5-14(6-8-15)9-18-17(2,3)4/h5-8,13,16,18,20H,9-12H2,1-4H3. The molecule has 1 heterocycles. The Bertz CT molecular complexity index is 439. The van der Waals surface area contributed by atoms with Gasteiger partial charge in [-0.3, -0.25) is 0 Å². The smallest absolute Gasteiger partial charge is 0.0981 e. The summed E-state index contributed by atoms with van der Waals surface area (Å²) in [7, 11) is 0. The number of rotatable bonds is 4. The molecule has 0 aliphatic carbocycles. The first-order chi connectivity index (χ1) is 9.89. The van der Waals surface area contributed by atoms with Crippen molar-refractivity contribution in [2.75, 3.05) is 24.7 Å². The van der Waals surface area contributed by atoms with Crippen molar-refractivity contribution in [2.24, 2.45) is 0 Å². The summed E-state index contributed by atoms with van der Waals surface area (Å²) in [5.74, 6) is 0. The minimum atomic E-state index is -0.0802.